The summed E-state index contributed by atoms with van der Waals surface area (Å²) >= 11 is 7.32. The Hall–Kier alpha value is -1.45. The predicted octanol–water partition coefficient (Wildman–Crippen LogP) is 4.50. The quantitative estimate of drug-likeness (QED) is 0.898. The molecule has 0 amide bonds. The van der Waals surface area contributed by atoms with Crippen molar-refractivity contribution < 1.29 is 9.90 Å². The molecular formula is C14H11ClO2S. The lowest BCUT2D eigenvalue weighted by Crippen LogP contribution is -1.98. The SMILES string of the molecule is Cc1ccc(C(=O)O)c(Sc2cccc(Cl)c2)c1. The molecule has 2 rings (SSSR count). The van der Waals surface area contributed by atoms with Crippen molar-refractivity contribution in [3.8, 4) is 0 Å². The molecule has 0 atom stereocenters. The first-order chi connectivity index (χ1) is 8.56. The van der Waals surface area contributed by atoms with Crippen LogP contribution in [0, 0.1) is 6.92 Å². The van der Waals surface area contributed by atoms with E-state index in [0.717, 1.165) is 15.4 Å². The van der Waals surface area contributed by atoms with E-state index in [1.54, 1.807) is 18.2 Å². The zero-order valence-corrected chi connectivity index (χ0v) is 11.3. The molecular weight excluding hydrogens is 268 g/mol. The van der Waals surface area contributed by atoms with Crippen molar-refractivity contribution in [2.75, 3.05) is 0 Å². The zero-order chi connectivity index (χ0) is 13.1. The molecule has 0 bridgehead atoms. The van der Waals surface area contributed by atoms with Crippen LogP contribution in [-0.2, 0) is 0 Å². The van der Waals surface area contributed by atoms with Gasteiger partial charge in [-0.25, -0.2) is 4.79 Å². The third-order valence-electron chi connectivity index (χ3n) is 2.39. The van der Waals surface area contributed by atoms with E-state index in [0.29, 0.717) is 10.6 Å². The van der Waals surface area contributed by atoms with Gasteiger partial charge in [0.05, 0.1) is 5.56 Å². The molecule has 0 radical (unpaired) electrons. The smallest absolute Gasteiger partial charge is 0.336 e. The largest absolute Gasteiger partial charge is 0.478 e. The number of carboxylic acid groups (broad SMARTS) is 1. The van der Waals surface area contributed by atoms with E-state index in [9.17, 15) is 4.79 Å². The van der Waals surface area contributed by atoms with E-state index in [4.69, 9.17) is 16.7 Å². The summed E-state index contributed by atoms with van der Waals surface area (Å²) in [4.78, 5) is 12.8. The normalized spacial score (nSPS) is 10.3. The Labute approximate surface area is 115 Å². The molecule has 2 aromatic carbocycles. The van der Waals surface area contributed by atoms with Gasteiger partial charge in [-0.15, -0.1) is 0 Å². The fourth-order valence-corrected chi connectivity index (χ4v) is 2.90. The van der Waals surface area contributed by atoms with E-state index in [-0.39, 0.29) is 0 Å². The molecule has 0 aromatic heterocycles. The molecule has 4 heteroatoms. The lowest BCUT2D eigenvalue weighted by atomic mass is 10.1. The molecule has 0 heterocycles. The Morgan fingerprint density at radius 3 is 2.67 bits per heavy atom. The first-order valence-corrected chi connectivity index (χ1v) is 6.53. The fraction of sp³-hybridized carbons (Fsp3) is 0.0714. The molecule has 2 aromatic rings. The van der Waals surface area contributed by atoms with Crippen molar-refractivity contribution >= 4 is 29.3 Å². The number of halogens is 1. The molecule has 0 spiro atoms. The number of aryl methyl sites for hydroxylation is 1. The summed E-state index contributed by atoms with van der Waals surface area (Å²) in [5, 5.41) is 9.79. The van der Waals surface area contributed by atoms with Gasteiger partial charge in [0.25, 0.3) is 0 Å². The number of benzene rings is 2. The van der Waals surface area contributed by atoms with Crippen LogP contribution >= 0.6 is 23.4 Å². The number of hydrogen-bond acceptors (Lipinski definition) is 2. The number of carbonyl (C=O) groups is 1. The highest BCUT2D eigenvalue weighted by Gasteiger charge is 2.11. The van der Waals surface area contributed by atoms with Crippen LogP contribution < -0.4 is 0 Å². The van der Waals surface area contributed by atoms with Crippen LogP contribution in [0.2, 0.25) is 5.02 Å². The van der Waals surface area contributed by atoms with Gasteiger partial charge in [0, 0.05) is 14.8 Å². The highest BCUT2D eigenvalue weighted by atomic mass is 35.5. The van der Waals surface area contributed by atoms with Crippen LogP contribution in [-0.4, -0.2) is 11.1 Å². The third kappa shape index (κ3) is 3.06. The zero-order valence-electron chi connectivity index (χ0n) is 9.68. The van der Waals surface area contributed by atoms with Gasteiger partial charge in [-0.2, -0.15) is 0 Å². The summed E-state index contributed by atoms with van der Waals surface area (Å²) in [5.41, 5.74) is 1.34. The number of hydrogen-bond donors (Lipinski definition) is 1. The molecule has 0 aliphatic rings. The number of carboxylic acids is 1. The van der Waals surface area contributed by atoms with E-state index in [2.05, 4.69) is 0 Å². The second-order valence-electron chi connectivity index (χ2n) is 3.86. The molecule has 0 saturated carbocycles. The van der Waals surface area contributed by atoms with Crippen molar-refractivity contribution in [1.82, 2.24) is 0 Å². The molecule has 0 fully saturated rings. The Bertz CT molecular complexity index is 596. The molecule has 0 saturated heterocycles. The standard InChI is InChI=1S/C14H11ClO2S/c1-9-5-6-12(14(16)17)13(7-9)18-11-4-2-3-10(15)8-11/h2-8H,1H3,(H,16,17). The molecule has 0 unspecified atom stereocenters. The summed E-state index contributed by atoms with van der Waals surface area (Å²) < 4.78 is 0. The monoisotopic (exact) mass is 278 g/mol. The first kappa shape index (κ1) is 13.0. The van der Waals surface area contributed by atoms with E-state index in [1.807, 2.05) is 31.2 Å². The maximum atomic E-state index is 11.2. The van der Waals surface area contributed by atoms with Crippen LogP contribution in [0.15, 0.2) is 52.3 Å². The van der Waals surface area contributed by atoms with E-state index in [1.165, 1.54) is 11.8 Å². The van der Waals surface area contributed by atoms with Gasteiger partial charge in [-0.05, 0) is 42.8 Å². The van der Waals surface area contributed by atoms with Crippen molar-refractivity contribution in [2.45, 2.75) is 16.7 Å². The first-order valence-electron chi connectivity index (χ1n) is 5.33. The third-order valence-corrected chi connectivity index (χ3v) is 3.67. The maximum absolute atomic E-state index is 11.2. The van der Waals surface area contributed by atoms with Gasteiger partial charge >= 0.3 is 5.97 Å². The van der Waals surface area contributed by atoms with Crippen molar-refractivity contribution in [1.29, 1.82) is 0 Å². The van der Waals surface area contributed by atoms with Crippen LogP contribution in [0.25, 0.3) is 0 Å². The topological polar surface area (TPSA) is 37.3 Å². The second-order valence-corrected chi connectivity index (χ2v) is 5.42. The predicted molar refractivity (Wildman–Crippen MR) is 73.7 cm³/mol. The maximum Gasteiger partial charge on any atom is 0.336 e. The summed E-state index contributed by atoms with van der Waals surface area (Å²) in [6.07, 6.45) is 0. The summed E-state index contributed by atoms with van der Waals surface area (Å²) in [5.74, 6) is -0.917. The molecule has 18 heavy (non-hydrogen) atoms. The minimum absolute atomic E-state index is 0.311. The molecule has 0 aliphatic carbocycles. The van der Waals surface area contributed by atoms with Crippen molar-refractivity contribution in [2.24, 2.45) is 0 Å². The molecule has 0 aliphatic heterocycles. The van der Waals surface area contributed by atoms with Gasteiger partial charge in [-0.3, -0.25) is 0 Å². The van der Waals surface area contributed by atoms with Crippen LogP contribution in [0.4, 0.5) is 0 Å². The van der Waals surface area contributed by atoms with Gasteiger partial charge in [0.1, 0.15) is 0 Å². The highest BCUT2D eigenvalue weighted by Crippen LogP contribution is 2.32. The van der Waals surface area contributed by atoms with Crippen molar-refractivity contribution in [3.63, 3.8) is 0 Å². The molecule has 1 N–H and O–H groups in total. The number of aromatic carboxylic acids is 1. The summed E-state index contributed by atoms with van der Waals surface area (Å²) in [7, 11) is 0. The van der Waals surface area contributed by atoms with Crippen LogP contribution in [0.3, 0.4) is 0 Å². The Kier molecular flexibility index (Phi) is 3.94. The molecule has 92 valence electrons. The second kappa shape index (κ2) is 5.46. The van der Waals surface area contributed by atoms with Crippen LogP contribution in [0.1, 0.15) is 15.9 Å². The summed E-state index contributed by atoms with van der Waals surface area (Å²) in [6.45, 7) is 1.94. The lowest BCUT2D eigenvalue weighted by molar-refractivity contribution is 0.0693. The minimum atomic E-state index is -0.917. The minimum Gasteiger partial charge on any atom is -0.478 e. The Balaban J connectivity index is 2.39. The Morgan fingerprint density at radius 2 is 2.00 bits per heavy atom. The average Bonchev–Trinajstić information content (AvgIpc) is 2.28. The van der Waals surface area contributed by atoms with E-state index >= 15 is 0 Å². The van der Waals surface area contributed by atoms with Crippen LogP contribution in [0.5, 0.6) is 0 Å². The van der Waals surface area contributed by atoms with Gasteiger partial charge < -0.3 is 5.11 Å². The highest BCUT2D eigenvalue weighted by molar-refractivity contribution is 7.99. The average molecular weight is 279 g/mol. The van der Waals surface area contributed by atoms with Gasteiger partial charge in [-0.1, -0.05) is 35.5 Å². The van der Waals surface area contributed by atoms with Gasteiger partial charge in [0.15, 0.2) is 0 Å². The van der Waals surface area contributed by atoms with E-state index < -0.39 is 5.97 Å². The molecule has 2 nitrogen and oxygen atoms in total. The van der Waals surface area contributed by atoms with Crippen molar-refractivity contribution in [3.05, 3.63) is 58.6 Å². The van der Waals surface area contributed by atoms with Gasteiger partial charge in [0.2, 0.25) is 0 Å². The number of rotatable bonds is 3. The Morgan fingerprint density at radius 1 is 1.22 bits per heavy atom. The lowest BCUT2D eigenvalue weighted by Gasteiger charge is -2.07. The summed E-state index contributed by atoms with van der Waals surface area (Å²) in [6, 6.07) is 12.7. The fourth-order valence-electron chi connectivity index (χ4n) is 1.55.